The Hall–Kier alpha value is -1.29. The Labute approximate surface area is 106 Å². The van der Waals surface area contributed by atoms with Crippen LogP contribution in [0.5, 0.6) is 5.88 Å². The van der Waals surface area contributed by atoms with E-state index in [0.717, 1.165) is 5.56 Å². The molecule has 0 saturated carbocycles. The van der Waals surface area contributed by atoms with Crippen LogP contribution in [-0.2, 0) is 4.79 Å². The molecule has 0 amide bonds. The van der Waals surface area contributed by atoms with Crippen molar-refractivity contribution in [1.82, 2.24) is 4.98 Å². The Bertz CT molecular complexity index is 407. The third kappa shape index (κ3) is 3.60. The first-order valence-corrected chi connectivity index (χ1v) is 5.75. The molecule has 17 heavy (non-hydrogen) atoms. The lowest BCUT2D eigenvalue weighted by Gasteiger charge is -2.21. The van der Waals surface area contributed by atoms with Gasteiger partial charge in [0.05, 0.1) is 13.5 Å². The summed E-state index contributed by atoms with van der Waals surface area (Å²) in [6.45, 7) is 3.95. The summed E-state index contributed by atoms with van der Waals surface area (Å²) in [7, 11) is 1.50. The molecule has 0 aliphatic rings. The Balaban J connectivity index is 3.13. The zero-order chi connectivity index (χ0) is 13.0. The van der Waals surface area contributed by atoms with Crippen LogP contribution in [0.25, 0.3) is 0 Å². The molecule has 0 aliphatic carbocycles. The van der Waals surface area contributed by atoms with Crippen molar-refractivity contribution in [1.29, 1.82) is 0 Å². The molecule has 1 rings (SSSR count). The summed E-state index contributed by atoms with van der Waals surface area (Å²) in [6.07, 6.45) is 0.0529. The molecule has 0 fully saturated rings. The van der Waals surface area contributed by atoms with E-state index in [1.165, 1.54) is 7.11 Å². The van der Waals surface area contributed by atoms with Gasteiger partial charge in [0.25, 0.3) is 0 Å². The van der Waals surface area contributed by atoms with Crippen molar-refractivity contribution < 1.29 is 14.6 Å². The van der Waals surface area contributed by atoms with Crippen LogP contribution in [0.15, 0.2) is 12.1 Å². The number of carbonyl (C=O) groups is 1. The maximum absolute atomic E-state index is 10.9. The fourth-order valence-electron chi connectivity index (χ4n) is 1.77. The fraction of sp³-hybridized carbons (Fsp3) is 0.500. The van der Waals surface area contributed by atoms with Crippen LogP contribution in [0.1, 0.15) is 31.7 Å². The van der Waals surface area contributed by atoms with Gasteiger partial charge in [-0.25, -0.2) is 4.98 Å². The third-order valence-corrected chi connectivity index (χ3v) is 2.86. The number of rotatable bonds is 5. The molecule has 0 saturated heterocycles. The zero-order valence-corrected chi connectivity index (χ0v) is 10.9. The monoisotopic (exact) mass is 257 g/mol. The quantitative estimate of drug-likeness (QED) is 0.824. The van der Waals surface area contributed by atoms with E-state index in [9.17, 15) is 4.79 Å². The van der Waals surface area contributed by atoms with Gasteiger partial charge in [0, 0.05) is 11.5 Å². The number of hydrogen-bond donors (Lipinski definition) is 1. The molecule has 0 spiro atoms. The minimum atomic E-state index is -0.833. The summed E-state index contributed by atoms with van der Waals surface area (Å²) in [4.78, 5) is 14.9. The summed E-state index contributed by atoms with van der Waals surface area (Å²) in [6, 6.07) is 3.43. The average Bonchev–Trinajstić information content (AvgIpc) is 2.25. The van der Waals surface area contributed by atoms with Gasteiger partial charge in [0.15, 0.2) is 0 Å². The van der Waals surface area contributed by atoms with Crippen molar-refractivity contribution in [2.45, 2.75) is 26.2 Å². The Morgan fingerprint density at radius 2 is 2.18 bits per heavy atom. The number of pyridine rings is 1. The first kappa shape index (κ1) is 13.8. The van der Waals surface area contributed by atoms with Crippen LogP contribution in [-0.4, -0.2) is 23.2 Å². The number of carboxylic acids is 1. The number of nitrogens with zero attached hydrogens (tertiary/aromatic N) is 1. The van der Waals surface area contributed by atoms with E-state index in [4.69, 9.17) is 21.4 Å². The predicted molar refractivity (Wildman–Crippen MR) is 65.6 cm³/mol. The summed E-state index contributed by atoms with van der Waals surface area (Å²) in [5.74, 6) is -0.381. The molecule has 0 bridgehead atoms. The van der Waals surface area contributed by atoms with Crippen LogP contribution < -0.4 is 4.74 Å². The van der Waals surface area contributed by atoms with Gasteiger partial charge < -0.3 is 9.84 Å². The van der Waals surface area contributed by atoms with Crippen molar-refractivity contribution in [3.8, 4) is 5.88 Å². The normalized spacial score (nSPS) is 12.5. The highest BCUT2D eigenvalue weighted by atomic mass is 35.5. The van der Waals surface area contributed by atoms with E-state index in [-0.39, 0.29) is 18.3 Å². The lowest BCUT2D eigenvalue weighted by atomic mass is 9.86. The van der Waals surface area contributed by atoms with E-state index >= 15 is 0 Å². The van der Waals surface area contributed by atoms with Crippen LogP contribution in [0.2, 0.25) is 5.15 Å². The number of aliphatic carboxylic acids is 1. The van der Waals surface area contributed by atoms with Crippen molar-refractivity contribution in [2.75, 3.05) is 7.11 Å². The number of hydrogen-bond acceptors (Lipinski definition) is 3. The van der Waals surface area contributed by atoms with Crippen molar-refractivity contribution in [3.05, 3.63) is 22.8 Å². The molecule has 94 valence electrons. The molecule has 1 aromatic rings. The molecule has 1 heterocycles. The first-order chi connectivity index (χ1) is 7.95. The van der Waals surface area contributed by atoms with Crippen LogP contribution in [0, 0.1) is 5.92 Å². The Morgan fingerprint density at radius 1 is 1.53 bits per heavy atom. The fourth-order valence-corrected chi connectivity index (χ4v) is 1.91. The van der Waals surface area contributed by atoms with E-state index in [0.29, 0.717) is 11.0 Å². The molecule has 4 nitrogen and oxygen atoms in total. The van der Waals surface area contributed by atoms with Gasteiger partial charge in [0.2, 0.25) is 5.88 Å². The zero-order valence-electron chi connectivity index (χ0n) is 10.1. The van der Waals surface area contributed by atoms with E-state index < -0.39 is 5.97 Å². The molecular formula is C12H16ClNO3. The van der Waals surface area contributed by atoms with Gasteiger partial charge in [-0.05, 0) is 12.0 Å². The molecule has 0 radical (unpaired) electrons. The van der Waals surface area contributed by atoms with Gasteiger partial charge in [-0.1, -0.05) is 31.5 Å². The van der Waals surface area contributed by atoms with Crippen molar-refractivity contribution >= 4 is 17.6 Å². The third-order valence-electron chi connectivity index (χ3n) is 2.65. The molecule has 0 aromatic carbocycles. The first-order valence-electron chi connectivity index (χ1n) is 5.38. The van der Waals surface area contributed by atoms with Gasteiger partial charge in [-0.3, -0.25) is 4.79 Å². The number of carboxylic acid groups (broad SMARTS) is 1. The summed E-state index contributed by atoms with van der Waals surface area (Å²) in [5.41, 5.74) is 0.786. The maximum atomic E-state index is 10.9. The summed E-state index contributed by atoms with van der Waals surface area (Å²) in [5, 5.41) is 9.26. The minimum absolute atomic E-state index is 0.0529. The minimum Gasteiger partial charge on any atom is -0.481 e. The van der Waals surface area contributed by atoms with E-state index in [2.05, 4.69) is 4.98 Å². The van der Waals surface area contributed by atoms with Gasteiger partial charge >= 0.3 is 5.97 Å². The number of aromatic nitrogens is 1. The molecule has 1 aromatic heterocycles. The molecule has 5 heteroatoms. The Kier molecular flexibility index (Phi) is 4.75. The average molecular weight is 258 g/mol. The topological polar surface area (TPSA) is 59.4 Å². The van der Waals surface area contributed by atoms with Gasteiger partial charge in [-0.2, -0.15) is 0 Å². The van der Waals surface area contributed by atoms with Crippen molar-refractivity contribution in [2.24, 2.45) is 5.92 Å². The summed E-state index contributed by atoms with van der Waals surface area (Å²) < 4.78 is 5.15. The van der Waals surface area contributed by atoms with Crippen LogP contribution in [0.3, 0.4) is 0 Å². The van der Waals surface area contributed by atoms with Gasteiger partial charge in [-0.15, -0.1) is 0 Å². The standard InChI is InChI=1S/C12H16ClNO3/c1-7(2)9(6-11(15)16)8-4-5-10(13)14-12(8)17-3/h4-5,7,9H,6H2,1-3H3,(H,15,16). The maximum Gasteiger partial charge on any atom is 0.303 e. The smallest absolute Gasteiger partial charge is 0.303 e. The second-order valence-corrected chi connectivity index (χ2v) is 4.57. The highest BCUT2D eigenvalue weighted by Crippen LogP contribution is 2.34. The largest absolute Gasteiger partial charge is 0.481 e. The summed E-state index contributed by atoms with van der Waals surface area (Å²) >= 11 is 5.78. The van der Waals surface area contributed by atoms with E-state index in [1.807, 2.05) is 13.8 Å². The lowest BCUT2D eigenvalue weighted by Crippen LogP contribution is -2.13. The van der Waals surface area contributed by atoms with E-state index in [1.54, 1.807) is 12.1 Å². The van der Waals surface area contributed by atoms with Gasteiger partial charge in [0.1, 0.15) is 5.15 Å². The SMILES string of the molecule is COc1nc(Cl)ccc1C(CC(=O)O)C(C)C. The molecule has 1 unspecified atom stereocenters. The molecule has 1 atom stereocenters. The Morgan fingerprint density at radius 3 is 2.65 bits per heavy atom. The number of ether oxygens (including phenoxy) is 1. The van der Waals surface area contributed by atoms with Crippen LogP contribution in [0.4, 0.5) is 0 Å². The highest BCUT2D eigenvalue weighted by Gasteiger charge is 2.23. The second-order valence-electron chi connectivity index (χ2n) is 4.18. The number of methoxy groups -OCH3 is 1. The predicted octanol–water partition coefficient (Wildman–Crippen LogP) is 2.96. The molecule has 1 N–H and O–H groups in total. The molecular weight excluding hydrogens is 242 g/mol. The van der Waals surface area contributed by atoms with Crippen LogP contribution >= 0.6 is 11.6 Å². The molecule has 0 aliphatic heterocycles. The highest BCUT2D eigenvalue weighted by molar-refractivity contribution is 6.29. The lowest BCUT2D eigenvalue weighted by molar-refractivity contribution is -0.137. The number of halogens is 1. The second kappa shape index (κ2) is 5.87. The van der Waals surface area contributed by atoms with Crippen molar-refractivity contribution in [3.63, 3.8) is 0 Å².